The first-order chi connectivity index (χ1) is 17.0. The number of unbranched alkanes of at least 4 members (excludes halogenated alkanes) is 1. The zero-order valence-electron chi connectivity index (χ0n) is 19.9. The third-order valence-corrected chi connectivity index (χ3v) is 5.83. The van der Waals surface area contributed by atoms with Gasteiger partial charge in [-0.1, -0.05) is 37.6 Å². The van der Waals surface area contributed by atoms with Crippen molar-refractivity contribution in [2.24, 2.45) is 0 Å². The van der Waals surface area contributed by atoms with Crippen molar-refractivity contribution in [1.29, 1.82) is 0 Å². The number of hydrogen-bond acceptors (Lipinski definition) is 6. The number of likely N-dealkylation sites (tertiary alicyclic amines) is 1. The summed E-state index contributed by atoms with van der Waals surface area (Å²) >= 11 is 0. The molecule has 0 spiro atoms. The fraction of sp³-hybridized carbons (Fsp3) is 0.286. The first kappa shape index (κ1) is 24.1. The van der Waals surface area contributed by atoms with Crippen LogP contribution in [0, 0.1) is 0 Å². The molecule has 1 atom stereocenters. The number of hydrogen-bond donors (Lipinski definition) is 1. The molecular weight excluding hydrogens is 446 g/mol. The maximum absolute atomic E-state index is 13.2. The third-order valence-electron chi connectivity index (χ3n) is 5.83. The number of aliphatic hydroxyl groups excluding tert-OH is 1. The molecule has 1 fully saturated rings. The Morgan fingerprint density at radius 3 is 2.49 bits per heavy atom. The van der Waals surface area contributed by atoms with Crippen LogP contribution in [0.1, 0.15) is 49.6 Å². The fourth-order valence-corrected chi connectivity index (χ4v) is 4.10. The standard InChI is InChI=1S/C28H29NO6/c1-3-5-15-34-22-9-6-8-20(17-22)26(30)24-25(19-11-13-21(14-12-19)33-4-2)29(28(32)27(24)31)18-23-10-7-16-35-23/h6-14,16-17,25,30H,3-5,15,18H2,1-2H3. The van der Waals surface area contributed by atoms with Crippen molar-refractivity contribution in [1.82, 2.24) is 4.90 Å². The second kappa shape index (κ2) is 11.0. The highest BCUT2D eigenvalue weighted by Crippen LogP contribution is 2.41. The van der Waals surface area contributed by atoms with E-state index in [1.807, 2.05) is 6.92 Å². The van der Waals surface area contributed by atoms with Gasteiger partial charge in [0.2, 0.25) is 0 Å². The third kappa shape index (κ3) is 5.24. The van der Waals surface area contributed by atoms with Gasteiger partial charge in [-0.25, -0.2) is 0 Å². The highest BCUT2D eigenvalue weighted by Gasteiger charge is 2.46. The molecule has 35 heavy (non-hydrogen) atoms. The summed E-state index contributed by atoms with van der Waals surface area (Å²) in [5.74, 6) is 0.114. The summed E-state index contributed by atoms with van der Waals surface area (Å²) in [6, 6.07) is 16.8. The first-order valence-electron chi connectivity index (χ1n) is 11.8. The van der Waals surface area contributed by atoms with Crippen LogP contribution in [0.3, 0.4) is 0 Å². The number of carbonyl (C=O) groups excluding carboxylic acids is 2. The van der Waals surface area contributed by atoms with Crippen LogP contribution in [-0.4, -0.2) is 34.9 Å². The minimum atomic E-state index is -0.791. The van der Waals surface area contributed by atoms with E-state index < -0.39 is 17.7 Å². The first-order valence-corrected chi connectivity index (χ1v) is 11.8. The Kier molecular flexibility index (Phi) is 7.55. The summed E-state index contributed by atoms with van der Waals surface area (Å²) in [7, 11) is 0. The summed E-state index contributed by atoms with van der Waals surface area (Å²) in [6.45, 7) is 5.14. The van der Waals surface area contributed by atoms with E-state index in [0.29, 0.717) is 41.6 Å². The van der Waals surface area contributed by atoms with Gasteiger partial charge in [-0.2, -0.15) is 0 Å². The normalized spacial score (nSPS) is 17.1. The Bertz CT molecular complexity index is 1200. The van der Waals surface area contributed by atoms with Gasteiger partial charge >= 0.3 is 0 Å². The Balaban J connectivity index is 1.76. The number of ketones is 1. The number of benzene rings is 2. The lowest BCUT2D eigenvalue weighted by Gasteiger charge is -2.24. The zero-order valence-corrected chi connectivity index (χ0v) is 19.9. The van der Waals surface area contributed by atoms with Crippen molar-refractivity contribution < 1.29 is 28.6 Å². The van der Waals surface area contributed by atoms with Crippen molar-refractivity contribution >= 4 is 17.4 Å². The predicted octanol–water partition coefficient (Wildman–Crippen LogP) is 5.48. The van der Waals surface area contributed by atoms with Crippen LogP contribution in [0.25, 0.3) is 5.76 Å². The number of nitrogens with zero attached hydrogens (tertiary/aromatic N) is 1. The maximum atomic E-state index is 13.2. The molecule has 1 saturated heterocycles. The van der Waals surface area contributed by atoms with Gasteiger partial charge in [0.25, 0.3) is 11.7 Å². The van der Waals surface area contributed by atoms with Gasteiger partial charge in [0, 0.05) is 5.56 Å². The van der Waals surface area contributed by atoms with Crippen LogP contribution >= 0.6 is 0 Å². The predicted molar refractivity (Wildman–Crippen MR) is 131 cm³/mol. The molecule has 7 nitrogen and oxygen atoms in total. The van der Waals surface area contributed by atoms with Crippen LogP contribution in [-0.2, 0) is 16.1 Å². The largest absolute Gasteiger partial charge is 0.507 e. The van der Waals surface area contributed by atoms with Gasteiger partial charge in [0.15, 0.2) is 0 Å². The van der Waals surface area contributed by atoms with E-state index in [1.54, 1.807) is 60.7 Å². The molecule has 0 aliphatic carbocycles. The lowest BCUT2D eigenvalue weighted by molar-refractivity contribution is -0.140. The van der Waals surface area contributed by atoms with Crippen molar-refractivity contribution in [3.05, 3.63) is 89.4 Å². The van der Waals surface area contributed by atoms with Crippen molar-refractivity contribution in [3.63, 3.8) is 0 Å². The van der Waals surface area contributed by atoms with Crippen LogP contribution in [0.2, 0.25) is 0 Å². The van der Waals surface area contributed by atoms with Crippen molar-refractivity contribution in [2.75, 3.05) is 13.2 Å². The second-order valence-electron chi connectivity index (χ2n) is 8.24. The topological polar surface area (TPSA) is 89.2 Å². The molecule has 1 amide bonds. The van der Waals surface area contributed by atoms with Crippen molar-refractivity contribution in [2.45, 2.75) is 39.3 Å². The van der Waals surface area contributed by atoms with E-state index in [9.17, 15) is 14.7 Å². The van der Waals surface area contributed by atoms with Gasteiger partial charge in [-0.3, -0.25) is 9.59 Å². The van der Waals surface area contributed by atoms with E-state index in [0.717, 1.165) is 12.8 Å². The molecule has 2 aromatic carbocycles. The summed E-state index contributed by atoms with van der Waals surface area (Å²) in [5.41, 5.74) is 1.11. The highest BCUT2D eigenvalue weighted by molar-refractivity contribution is 6.46. The SMILES string of the molecule is CCCCOc1cccc(C(O)=C2C(=O)C(=O)N(Cc3ccco3)C2c2ccc(OCC)cc2)c1. The molecule has 7 heteroatoms. The molecule has 1 N–H and O–H groups in total. The summed E-state index contributed by atoms with van der Waals surface area (Å²) in [5, 5.41) is 11.3. The molecule has 2 heterocycles. The van der Waals surface area contributed by atoms with Crippen LogP contribution < -0.4 is 9.47 Å². The van der Waals surface area contributed by atoms with Gasteiger partial charge in [0.05, 0.1) is 37.6 Å². The maximum Gasteiger partial charge on any atom is 0.296 e. The molecule has 4 rings (SSSR count). The molecular formula is C28H29NO6. The zero-order chi connectivity index (χ0) is 24.8. The van der Waals surface area contributed by atoms with E-state index >= 15 is 0 Å². The van der Waals surface area contributed by atoms with Gasteiger partial charge in [0.1, 0.15) is 23.0 Å². The smallest absolute Gasteiger partial charge is 0.296 e. The monoisotopic (exact) mass is 475 g/mol. The Hall–Kier alpha value is -4.00. The number of rotatable bonds is 10. The Labute approximate surface area is 204 Å². The van der Waals surface area contributed by atoms with Crippen LogP contribution in [0.5, 0.6) is 11.5 Å². The summed E-state index contributed by atoms with van der Waals surface area (Å²) in [4.78, 5) is 27.7. The van der Waals surface area contributed by atoms with E-state index in [4.69, 9.17) is 13.9 Å². The molecule has 1 aromatic heterocycles. The molecule has 182 valence electrons. The van der Waals surface area contributed by atoms with Gasteiger partial charge in [-0.15, -0.1) is 0 Å². The molecule has 1 aliphatic rings. The Morgan fingerprint density at radius 1 is 1.00 bits per heavy atom. The number of furan rings is 1. The average molecular weight is 476 g/mol. The molecule has 1 unspecified atom stereocenters. The molecule has 1 aliphatic heterocycles. The minimum absolute atomic E-state index is 0.0245. The molecule has 0 radical (unpaired) electrons. The van der Waals surface area contributed by atoms with E-state index in [1.165, 1.54) is 11.2 Å². The van der Waals surface area contributed by atoms with Gasteiger partial charge in [-0.05, 0) is 55.3 Å². The lowest BCUT2D eigenvalue weighted by atomic mass is 9.95. The number of aliphatic hydroxyl groups is 1. The summed E-state index contributed by atoms with van der Waals surface area (Å²) in [6.07, 6.45) is 3.43. The van der Waals surface area contributed by atoms with Crippen molar-refractivity contribution in [3.8, 4) is 11.5 Å². The van der Waals surface area contributed by atoms with E-state index in [-0.39, 0.29) is 17.9 Å². The second-order valence-corrected chi connectivity index (χ2v) is 8.24. The summed E-state index contributed by atoms with van der Waals surface area (Å²) < 4.78 is 16.7. The van der Waals surface area contributed by atoms with Gasteiger partial charge < -0.3 is 23.9 Å². The number of amides is 1. The number of carbonyl (C=O) groups is 2. The number of ether oxygens (including phenoxy) is 2. The molecule has 0 bridgehead atoms. The Morgan fingerprint density at radius 2 is 1.80 bits per heavy atom. The molecule has 3 aromatic rings. The average Bonchev–Trinajstić information content (AvgIpc) is 3.47. The number of Topliss-reactive ketones (excluding diaryl/α,β-unsaturated/α-hetero) is 1. The highest BCUT2D eigenvalue weighted by atomic mass is 16.5. The van der Waals surface area contributed by atoms with E-state index in [2.05, 4.69) is 6.92 Å². The fourth-order valence-electron chi connectivity index (χ4n) is 4.10. The quantitative estimate of drug-likeness (QED) is 0.181. The minimum Gasteiger partial charge on any atom is -0.507 e. The molecule has 0 saturated carbocycles. The van der Waals surface area contributed by atoms with Crippen LogP contribution in [0.4, 0.5) is 0 Å². The lowest BCUT2D eigenvalue weighted by Crippen LogP contribution is -2.29. The van der Waals surface area contributed by atoms with Crippen LogP contribution in [0.15, 0.2) is 76.9 Å².